The van der Waals surface area contributed by atoms with Gasteiger partial charge in [0.1, 0.15) is 17.1 Å². The van der Waals surface area contributed by atoms with E-state index in [1.54, 1.807) is 6.07 Å². The lowest BCUT2D eigenvalue weighted by atomic mass is 9.65. The van der Waals surface area contributed by atoms with Crippen molar-refractivity contribution >= 4 is 22.5 Å². The van der Waals surface area contributed by atoms with Crippen LogP contribution < -0.4 is 9.47 Å². The summed E-state index contributed by atoms with van der Waals surface area (Å²) in [5.74, 6) is 1.32. The highest BCUT2D eigenvalue weighted by molar-refractivity contribution is 6.04. The Morgan fingerprint density at radius 2 is 1.17 bits per heavy atom. The molecule has 0 unspecified atom stereocenters. The van der Waals surface area contributed by atoms with Crippen LogP contribution in [0.3, 0.4) is 0 Å². The predicted octanol–water partition coefficient (Wildman–Crippen LogP) is 11.9. The summed E-state index contributed by atoms with van der Waals surface area (Å²) in [5, 5.41) is 1.84. The third-order valence-corrected chi connectivity index (χ3v) is 11.7. The number of benzene rings is 4. The lowest BCUT2D eigenvalue weighted by Crippen LogP contribution is -2.32. The Bertz CT molecular complexity index is 1780. The number of Topliss-reactive ketones (excluding diaryl/α,β-unsaturated/α-hetero) is 1. The zero-order valence-electron chi connectivity index (χ0n) is 30.4. The SMILES string of the molecule is CCC(C)(CC)Oc1ccc(C2(c3ccc(OC(=O)c4ccc5cc(C(=O)C(C)(CC)CC)ccc5c4)c(C)c3)CCCCC2)cc1C. The Balaban J connectivity index is 1.38. The van der Waals surface area contributed by atoms with Crippen LogP contribution in [0, 0.1) is 19.3 Å². The summed E-state index contributed by atoms with van der Waals surface area (Å²) in [7, 11) is 0. The molecule has 5 rings (SSSR count). The first kappa shape index (κ1) is 35.4. The lowest BCUT2D eigenvalue weighted by Gasteiger charge is -2.39. The van der Waals surface area contributed by atoms with Gasteiger partial charge >= 0.3 is 5.97 Å². The first-order chi connectivity index (χ1) is 22.9. The number of carbonyl (C=O) groups is 2. The number of rotatable bonds is 12. The van der Waals surface area contributed by atoms with Crippen LogP contribution in [0.2, 0.25) is 0 Å². The van der Waals surface area contributed by atoms with Crippen LogP contribution in [-0.4, -0.2) is 17.4 Å². The molecule has 4 aromatic carbocycles. The van der Waals surface area contributed by atoms with Crippen LogP contribution >= 0.6 is 0 Å². The molecule has 0 saturated heterocycles. The molecule has 0 spiro atoms. The Kier molecular flexibility index (Phi) is 10.5. The van der Waals surface area contributed by atoms with Gasteiger partial charge in [-0.25, -0.2) is 4.79 Å². The molecule has 1 saturated carbocycles. The molecule has 0 amide bonds. The van der Waals surface area contributed by atoms with E-state index in [0.29, 0.717) is 16.9 Å². The van der Waals surface area contributed by atoms with Gasteiger partial charge in [-0.1, -0.05) is 96.3 Å². The minimum atomic E-state index is -0.387. The highest BCUT2D eigenvalue weighted by Gasteiger charge is 2.37. The Hall–Kier alpha value is -3.92. The van der Waals surface area contributed by atoms with Crippen molar-refractivity contribution in [2.75, 3.05) is 0 Å². The van der Waals surface area contributed by atoms with Gasteiger partial charge in [0.15, 0.2) is 5.78 Å². The molecule has 4 nitrogen and oxygen atoms in total. The topological polar surface area (TPSA) is 52.6 Å². The minimum Gasteiger partial charge on any atom is -0.487 e. The monoisotopic (exact) mass is 646 g/mol. The molecule has 48 heavy (non-hydrogen) atoms. The maximum Gasteiger partial charge on any atom is 0.343 e. The summed E-state index contributed by atoms with van der Waals surface area (Å²) >= 11 is 0. The molecule has 1 aliphatic rings. The zero-order valence-corrected chi connectivity index (χ0v) is 30.4. The number of esters is 1. The van der Waals surface area contributed by atoms with E-state index >= 15 is 0 Å². The van der Waals surface area contributed by atoms with E-state index in [1.807, 2.05) is 50.2 Å². The van der Waals surface area contributed by atoms with Crippen molar-refractivity contribution in [3.05, 3.63) is 106 Å². The molecule has 1 aliphatic carbocycles. The molecule has 254 valence electrons. The van der Waals surface area contributed by atoms with E-state index in [0.717, 1.165) is 60.6 Å². The fraction of sp³-hybridized carbons (Fsp3) is 0.455. The number of fused-ring (bicyclic) bond motifs is 1. The van der Waals surface area contributed by atoms with Gasteiger partial charge in [0.2, 0.25) is 0 Å². The van der Waals surface area contributed by atoms with Crippen molar-refractivity contribution in [1.29, 1.82) is 0 Å². The van der Waals surface area contributed by atoms with Gasteiger partial charge in [-0.2, -0.15) is 0 Å². The van der Waals surface area contributed by atoms with Crippen LogP contribution in [-0.2, 0) is 5.41 Å². The smallest absolute Gasteiger partial charge is 0.343 e. The van der Waals surface area contributed by atoms with Crippen molar-refractivity contribution in [3.8, 4) is 11.5 Å². The Labute approximate surface area is 288 Å². The summed E-state index contributed by atoms with van der Waals surface area (Å²) in [4.78, 5) is 26.6. The third-order valence-electron chi connectivity index (χ3n) is 11.7. The van der Waals surface area contributed by atoms with Crippen molar-refractivity contribution in [2.45, 2.75) is 124 Å². The number of ether oxygens (including phenoxy) is 2. The maximum absolute atomic E-state index is 13.4. The molecule has 4 aromatic rings. The fourth-order valence-electron chi connectivity index (χ4n) is 7.27. The first-order valence-electron chi connectivity index (χ1n) is 18.1. The van der Waals surface area contributed by atoms with Crippen molar-refractivity contribution in [1.82, 2.24) is 0 Å². The van der Waals surface area contributed by atoms with Crippen molar-refractivity contribution in [3.63, 3.8) is 0 Å². The van der Waals surface area contributed by atoms with Crippen LogP contribution in [0.25, 0.3) is 10.8 Å². The number of ketones is 1. The highest BCUT2D eigenvalue weighted by atomic mass is 16.5. The van der Waals surface area contributed by atoms with Crippen molar-refractivity contribution < 1.29 is 19.1 Å². The molecular weight excluding hydrogens is 592 g/mol. The second-order valence-electron chi connectivity index (χ2n) is 14.6. The van der Waals surface area contributed by atoms with Gasteiger partial charge in [-0.3, -0.25) is 4.79 Å². The molecule has 0 heterocycles. The van der Waals surface area contributed by atoms with Gasteiger partial charge in [-0.05, 0) is 123 Å². The van der Waals surface area contributed by atoms with E-state index in [4.69, 9.17) is 9.47 Å². The van der Waals surface area contributed by atoms with Gasteiger partial charge in [0.05, 0.1) is 5.56 Å². The number of hydrogen-bond acceptors (Lipinski definition) is 4. The number of carbonyl (C=O) groups excluding carboxylic acids is 2. The van der Waals surface area contributed by atoms with Crippen LogP contribution in [0.5, 0.6) is 11.5 Å². The molecular formula is C44H54O4. The largest absolute Gasteiger partial charge is 0.487 e. The van der Waals surface area contributed by atoms with Crippen molar-refractivity contribution in [2.24, 2.45) is 5.41 Å². The summed E-state index contributed by atoms with van der Waals surface area (Å²) in [6.07, 6.45) is 9.33. The summed E-state index contributed by atoms with van der Waals surface area (Å²) in [6.45, 7) is 16.9. The molecule has 0 aromatic heterocycles. The second-order valence-corrected chi connectivity index (χ2v) is 14.6. The van der Waals surface area contributed by atoms with Crippen LogP contribution in [0.4, 0.5) is 0 Å². The van der Waals surface area contributed by atoms with Crippen LogP contribution in [0.1, 0.15) is 142 Å². The van der Waals surface area contributed by atoms with Crippen LogP contribution in [0.15, 0.2) is 72.8 Å². The first-order valence-corrected chi connectivity index (χ1v) is 18.1. The average Bonchev–Trinajstić information content (AvgIpc) is 3.12. The second kappa shape index (κ2) is 14.3. The molecule has 0 radical (unpaired) electrons. The van der Waals surface area contributed by atoms with E-state index < -0.39 is 0 Å². The van der Waals surface area contributed by atoms with E-state index in [9.17, 15) is 9.59 Å². The Morgan fingerprint density at radius 3 is 1.69 bits per heavy atom. The number of aryl methyl sites for hydroxylation is 2. The van der Waals surface area contributed by atoms with Gasteiger partial charge < -0.3 is 9.47 Å². The molecule has 0 aliphatic heterocycles. The quantitative estimate of drug-likeness (QED) is 0.0873. The van der Waals surface area contributed by atoms with Gasteiger partial charge in [0.25, 0.3) is 0 Å². The molecule has 4 heteroatoms. The average molecular weight is 647 g/mol. The fourth-order valence-corrected chi connectivity index (χ4v) is 7.27. The van der Waals surface area contributed by atoms with E-state index in [1.165, 1.54) is 36.0 Å². The van der Waals surface area contributed by atoms with Gasteiger partial charge in [-0.15, -0.1) is 0 Å². The predicted molar refractivity (Wildman–Crippen MR) is 198 cm³/mol. The molecule has 0 atom stereocenters. The summed E-state index contributed by atoms with van der Waals surface area (Å²) in [6, 6.07) is 24.4. The molecule has 1 fully saturated rings. The minimum absolute atomic E-state index is 0.0854. The number of hydrogen-bond donors (Lipinski definition) is 0. The molecule has 0 N–H and O–H groups in total. The standard InChI is InChI=1S/C44H54O4/c1-9-42(7,10-2)40(45)34-18-16-33-29-35(19-17-32(33)28-34)41(46)47-38-22-20-36(26-30(38)5)44(24-14-13-15-25-44)37-21-23-39(31(6)27-37)48-43(8,11-3)12-4/h16-23,26-29H,9-15,24-25H2,1-8H3. The van der Waals surface area contributed by atoms with Gasteiger partial charge in [0, 0.05) is 16.4 Å². The Morgan fingerprint density at radius 1 is 0.646 bits per heavy atom. The zero-order chi connectivity index (χ0) is 34.7. The third kappa shape index (κ3) is 6.95. The van der Waals surface area contributed by atoms with E-state index in [2.05, 4.69) is 71.9 Å². The normalized spacial score (nSPS) is 14.9. The van der Waals surface area contributed by atoms with E-state index in [-0.39, 0.29) is 28.2 Å². The summed E-state index contributed by atoms with van der Waals surface area (Å²) < 4.78 is 12.5. The highest BCUT2D eigenvalue weighted by Crippen LogP contribution is 2.47. The summed E-state index contributed by atoms with van der Waals surface area (Å²) in [5.41, 5.74) is 5.31. The molecule has 0 bridgehead atoms. The lowest BCUT2D eigenvalue weighted by molar-refractivity contribution is 0.0732. The maximum atomic E-state index is 13.4.